The number of hydrogen-bond donors (Lipinski definition) is 2. The Morgan fingerprint density at radius 2 is 2.07 bits per heavy atom. The number of aromatic nitrogens is 3. The molecule has 0 atom stereocenters. The van der Waals surface area contributed by atoms with Crippen molar-refractivity contribution >= 4 is 45.9 Å². The van der Waals surface area contributed by atoms with Crippen molar-refractivity contribution in [1.29, 1.82) is 0 Å². The highest BCUT2D eigenvalue weighted by atomic mass is 32.2. The van der Waals surface area contributed by atoms with Crippen molar-refractivity contribution in [2.45, 2.75) is 45.3 Å². The van der Waals surface area contributed by atoms with Crippen LogP contribution in [0.15, 0.2) is 17.8 Å². The summed E-state index contributed by atoms with van der Waals surface area (Å²) in [6.07, 6.45) is 1.74. The van der Waals surface area contributed by atoms with Gasteiger partial charge in [-0.25, -0.2) is 4.79 Å². The summed E-state index contributed by atoms with van der Waals surface area (Å²) in [6.45, 7) is 11.7. The zero-order valence-corrected chi connectivity index (χ0v) is 19.0. The minimum absolute atomic E-state index is 0.0402. The summed E-state index contributed by atoms with van der Waals surface area (Å²) in [6, 6.07) is 0. The summed E-state index contributed by atoms with van der Waals surface area (Å²) in [4.78, 5) is 36.7. The van der Waals surface area contributed by atoms with E-state index in [0.29, 0.717) is 17.3 Å². The number of rotatable bonds is 10. The zero-order chi connectivity index (χ0) is 22.4. The molecule has 2 aromatic rings. The highest BCUT2D eigenvalue weighted by Gasteiger charge is 2.26. The third-order valence-corrected chi connectivity index (χ3v) is 6.20. The van der Waals surface area contributed by atoms with Gasteiger partial charge in [0.15, 0.2) is 5.16 Å². The molecule has 0 aliphatic heterocycles. The van der Waals surface area contributed by atoms with Gasteiger partial charge in [0.25, 0.3) is 5.91 Å². The number of allylic oxidation sites excluding steroid dienone is 1. The van der Waals surface area contributed by atoms with Crippen LogP contribution < -0.4 is 11.1 Å². The van der Waals surface area contributed by atoms with E-state index in [1.807, 2.05) is 18.4 Å². The van der Waals surface area contributed by atoms with Crippen LogP contribution in [0.3, 0.4) is 0 Å². The first-order valence-electron chi connectivity index (χ1n) is 9.28. The van der Waals surface area contributed by atoms with Crippen molar-refractivity contribution in [3.05, 3.63) is 34.5 Å². The van der Waals surface area contributed by atoms with Gasteiger partial charge in [0.1, 0.15) is 10.8 Å². The van der Waals surface area contributed by atoms with Crippen molar-refractivity contribution in [3.8, 4) is 0 Å². The minimum Gasteiger partial charge on any atom is -0.462 e. The first-order chi connectivity index (χ1) is 14.2. The number of ether oxygens (including phenoxy) is 1. The molecule has 0 bridgehead atoms. The molecule has 2 amide bonds. The van der Waals surface area contributed by atoms with Crippen LogP contribution in [0.5, 0.6) is 0 Å². The molecule has 3 N–H and O–H groups in total. The second-order valence-corrected chi connectivity index (χ2v) is 8.54. The number of amides is 2. The van der Waals surface area contributed by atoms with E-state index in [2.05, 4.69) is 22.1 Å². The Morgan fingerprint density at radius 1 is 1.37 bits per heavy atom. The van der Waals surface area contributed by atoms with Crippen molar-refractivity contribution < 1.29 is 19.1 Å². The van der Waals surface area contributed by atoms with E-state index < -0.39 is 11.9 Å². The van der Waals surface area contributed by atoms with Crippen LogP contribution in [0, 0.1) is 6.92 Å². The molecule has 0 aliphatic carbocycles. The maximum absolute atomic E-state index is 12.5. The lowest BCUT2D eigenvalue weighted by atomic mass is 10.1. The molecule has 162 valence electrons. The number of hydrogen-bond acceptors (Lipinski definition) is 8. The zero-order valence-electron chi connectivity index (χ0n) is 17.4. The van der Waals surface area contributed by atoms with Gasteiger partial charge in [-0.1, -0.05) is 31.7 Å². The number of esters is 1. The molecule has 0 unspecified atom stereocenters. The van der Waals surface area contributed by atoms with Gasteiger partial charge in [0.05, 0.1) is 22.8 Å². The van der Waals surface area contributed by atoms with E-state index in [9.17, 15) is 14.4 Å². The fraction of sp³-hybridized carbons (Fsp3) is 0.421. The number of nitrogens with zero attached hydrogens (tertiary/aromatic N) is 3. The molecule has 30 heavy (non-hydrogen) atoms. The number of thiophene rings is 1. The van der Waals surface area contributed by atoms with E-state index >= 15 is 0 Å². The predicted octanol–water partition coefficient (Wildman–Crippen LogP) is 2.96. The summed E-state index contributed by atoms with van der Waals surface area (Å²) in [5.74, 6) is -0.623. The van der Waals surface area contributed by atoms with Gasteiger partial charge in [-0.15, -0.1) is 28.1 Å². The molecule has 0 fully saturated rings. The van der Waals surface area contributed by atoms with Gasteiger partial charge in [-0.05, 0) is 19.4 Å². The Kier molecular flexibility index (Phi) is 8.18. The van der Waals surface area contributed by atoms with E-state index in [0.717, 1.165) is 17.2 Å². The summed E-state index contributed by atoms with van der Waals surface area (Å²) in [7, 11) is 0. The molecule has 0 aromatic carbocycles. The summed E-state index contributed by atoms with van der Waals surface area (Å²) >= 11 is 2.18. The molecular weight excluding hydrogens is 426 g/mol. The Bertz CT molecular complexity index is 965. The Balaban J connectivity index is 2.19. The average Bonchev–Trinajstić information content (AvgIpc) is 3.21. The summed E-state index contributed by atoms with van der Waals surface area (Å²) in [5, 5.41) is 11.9. The standard InChI is InChI=1S/C19H25N5O4S2/c1-6-8-24-16(10(3)4)22-23-19(24)29-9-12(25)21-17-13(18(27)28-7-2)11(5)14(30-17)15(20)26/h6,10H,1,7-9H2,2-5H3,(H2,20,26)(H,21,25). The normalized spacial score (nSPS) is 10.8. The van der Waals surface area contributed by atoms with Crippen LogP contribution in [0.2, 0.25) is 0 Å². The van der Waals surface area contributed by atoms with Crippen LogP contribution in [-0.4, -0.2) is 44.9 Å². The third kappa shape index (κ3) is 5.28. The SMILES string of the molecule is C=CCn1c(SCC(=O)Nc2sc(C(N)=O)c(C)c2C(=O)OCC)nnc1C(C)C. The number of carbonyl (C=O) groups is 3. The van der Waals surface area contributed by atoms with Crippen LogP contribution in [0.1, 0.15) is 58.1 Å². The lowest BCUT2D eigenvalue weighted by Gasteiger charge is -2.10. The van der Waals surface area contributed by atoms with E-state index in [1.165, 1.54) is 11.8 Å². The highest BCUT2D eigenvalue weighted by Crippen LogP contribution is 2.34. The van der Waals surface area contributed by atoms with Gasteiger partial charge in [0, 0.05) is 12.5 Å². The molecule has 2 rings (SSSR count). The van der Waals surface area contributed by atoms with Crippen molar-refractivity contribution in [1.82, 2.24) is 14.8 Å². The van der Waals surface area contributed by atoms with Crippen LogP contribution in [0.4, 0.5) is 5.00 Å². The smallest absolute Gasteiger partial charge is 0.341 e. The Morgan fingerprint density at radius 3 is 2.63 bits per heavy atom. The number of nitrogens with one attached hydrogen (secondary N) is 1. The van der Waals surface area contributed by atoms with Gasteiger partial charge in [0.2, 0.25) is 5.91 Å². The lowest BCUT2D eigenvalue weighted by molar-refractivity contribution is -0.113. The van der Waals surface area contributed by atoms with E-state index in [4.69, 9.17) is 10.5 Å². The minimum atomic E-state index is -0.670. The fourth-order valence-electron chi connectivity index (χ4n) is 2.71. The molecule has 0 saturated heterocycles. The predicted molar refractivity (Wildman–Crippen MR) is 117 cm³/mol. The summed E-state index contributed by atoms with van der Waals surface area (Å²) < 4.78 is 6.95. The molecule has 0 saturated carbocycles. The Labute approximate surface area is 183 Å². The molecule has 0 spiro atoms. The molecule has 11 heteroatoms. The Hall–Kier alpha value is -2.66. The lowest BCUT2D eigenvalue weighted by Crippen LogP contribution is -2.17. The van der Waals surface area contributed by atoms with Crippen molar-refractivity contribution in [2.75, 3.05) is 17.7 Å². The topological polar surface area (TPSA) is 129 Å². The number of primary amides is 1. The van der Waals surface area contributed by atoms with Gasteiger partial charge in [-0.3, -0.25) is 9.59 Å². The molecule has 0 radical (unpaired) electrons. The number of anilines is 1. The average molecular weight is 452 g/mol. The molecule has 2 aromatic heterocycles. The van der Waals surface area contributed by atoms with E-state index in [-0.39, 0.29) is 39.6 Å². The second-order valence-electron chi connectivity index (χ2n) is 6.58. The fourth-order valence-corrected chi connectivity index (χ4v) is 4.53. The maximum Gasteiger partial charge on any atom is 0.341 e. The highest BCUT2D eigenvalue weighted by molar-refractivity contribution is 7.99. The molecule has 2 heterocycles. The largest absolute Gasteiger partial charge is 0.462 e. The van der Waals surface area contributed by atoms with Crippen molar-refractivity contribution in [3.63, 3.8) is 0 Å². The number of carbonyl (C=O) groups excluding carboxylic acids is 3. The number of nitrogens with two attached hydrogens (primary N) is 1. The quantitative estimate of drug-likeness (QED) is 0.323. The molecule has 0 aliphatic rings. The van der Waals surface area contributed by atoms with Crippen molar-refractivity contribution in [2.24, 2.45) is 5.73 Å². The van der Waals surface area contributed by atoms with Gasteiger partial charge in [-0.2, -0.15) is 0 Å². The van der Waals surface area contributed by atoms with E-state index in [1.54, 1.807) is 19.9 Å². The first-order valence-corrected chi connectivity index (χ1v) is 11.1. The molecular formula is C19H25N5O4S2. The second kappa shape index (κ2) is 10.4. The third-order valence-electron chi connectivity index (χ3n) is 4.01. The van der Waals surface area contributed by atoms with Crippen LogP contribution in [0.25, 0.3) is 0 Å². The molecule has 9 nitrogen and oxygen atoms in total. The van der Waals surface area contributed by atoms with Crippen LogP contribution in [-0.2, 0) is 16.1 Å². The number of thioether (sulfide) groups is 1. The van der Waals surface area contributed by atoms with Gasteiger partial charge < -0.3 is 20.4 Å². The first kappa shape index (κ1) is 23.6. The maximum atomic E-state index is 12.5. The van der Waals surface area contributed by atoms with Gasteiger partial charge >= 0.3 is 5.97 Å². The monoisotopic (exact) mass is 451 g/mol. The summed E-state index contributed by atoms with van der Waals surface area (Å²) in [5.41, 5.74) is 5.92. The van der Waals surface area contributed by atoms with Crippen LogP contribution >= 0.6 is 23.1 Å².